The molecule has 188 valence electrons. The quantitative estimate of drug-likeness (QED) is 0.276. The van der Waals surface area contributed by atoms with Crippen molar-refractivity contribution in [1.29, 1.82) is 0 Å². The summed E-state index contributed by atoms with van der Waals surface area (Å²) in [7, 11) is 0. The average molecular weight is 524 g/mol. The number of nitrogens with zero attached hydrogens (tertiary/aromatic N) is 3. The number of halogens is 1. The average Bonchev–Trinajstić information content (AvgIpc) is 3.31. The van der Waals surface area contributed by atoms with Crippen LogP contribution in [0.3, 0.4) is 0 Å². The first-order valence-corrected chi connectivity index (χ1v) is 12.8. The topological polar surface area (TPSA) is 54.9 Å². The van der Waals surface area contributed by atoms with E-state index in [9.17, 15) is 4.79 Å². The fourth-order valence-electron chi connectivity index (χ4n) is 4.14. The van der Waals surface area contributed by atoms with Gasteiger partial charge < -0.3 is 9.47 Å². The van der Waals surface area contributed by atoms with E-state index in [0.29, 0.717) is 17.9 Å². The molecule has 36 heavy (non-hydrogen) atoms. The Labute approximate surface area is 221 Å². The Morgan fingerprint density at radius 3 is 2.50 bits per heavy atom. The highest BCUT2D eigenvalue weighted by molar-refractivity contribution is 7.22. The van der Waals surface area contributed by atoms with Gasteiger partial charge in [-0.1, -0.05) is 35.6 Å². The largest absolute Gasteiger partial charge is 0.457 e. The van der Waals surface area contributed by atoms with Gasteiger partial charge in [0, 0.05) is 31.7 Å². The van der Waals surface area contributed by atoms with E-state index >= 15 is 0 Å². The summed E-state index contributed by atoms with van der Waals surface area (Å²) in [6, 6.07) is 23.2. The van der Waals surface area contributed by atoms with Gasteiger partial charge in [-0.25, -0.2) is 4.98 Å². The fraction of sp³-hybridized carbons (Fsp3) is 0.286. The number of ether oxygens (including phenoxy) is 2. The smallest absolute Gasteiger partial charge is 0.260 e. The van der Waals surface area contributed by atoms with Gasteiger partial charge in [-0.2, -0.15) is 0 Å². The molecule has 0 N–H and O–H groups in total. The highest BCUT2D eigenvalue weighted by Crippen LogP contribution is 2.31. The number of carbonyl (C=O) groups excluding carboxylic acids is 1. The Morgan fingerprint density at radius 2 is 1.75 bits per heavy atom. The van der Waals surface area contributed by atoms with Crippen molar-refractivity contribution >= 4 is 45.0 Å². The number of anilines is 1. The highest BCUT2D eigenvalue weighted by atomic mass is 35.5. The van der Waals surface area contributed by atoms with Crippen LogP contribution in [0.5, 0.6) is 11.5 Å². The van der Waals surface area contributed by atoms with Crippen LogP contribution in [0, 0.1) is 6.92 Å². The molecule has 0 saturated carbocycles. The van der Waals surface area contributed by atoms with Crippen LogP contribution in [0.25, 0.3) is 10.2 Å². The predicted octanol–water partition coefficient (Wildman–Crippen LogP) is 6.19. The van der Waals surface area contributed by atoms with E-state index < -0.39 is 0 Å². The third kappa shape index (κ3) is 6.42. The molecule has 1 saturated heterocycles. The molecule has 8 heteroatoms. The van der Waals surface area contributed by atoms with Crippen LogP contribution in [-0.2, 0) is 4.74 Å². The number of para-hydroxylation sites is 1. The van der Waals surface area contributed by atoms with Crippen molar-refractivity contribution in [2.45, 2.75) is 13.3 Å². The Balaban J connectivity index is 0.00000304. The number of aryl methyl sites for hydroxylation is 1. The zero-order chi connectivity index (χ0) is 24.0. The van der Waals surface area contributed by atoms with E-state index in [1.54, 1.807) is 11.3 Å². The van der Waals surface area contributed by atoms with Crippen LogP contribution in [-0.4, -0.2) is 55.2 Å². The van der Waals surface area contributed by atoms with Gasteiger partial charge in [0.05, 0.1) is 23.4 Å². The monoisotopic (exact) mass is 523 g/mol. The van der Waals surface area contributed by atoms with Gasteiger partial charge in [0.2, 0.25) is 0 Å². The van der Waals surface area contributed by atoms with Crippen molar-refractivity contribution in [2.24, 2.45) is 0 Å². The standard InChI is InChI=1S/C28H29N3O3S.ClH/c1-21-8-13-25-26(20-21)35-28(29-25)31(15-5-14-30-16-18-33-19-17-30)27(32)22-9-11-24(12-10-22)34-23-6-3-2-4-7-23;/h2-4,6-13,20H,5,14-19H2,1H3;1H. The van der Waals surface area contributed by atoms with Crippen LogP contribution >= 0.6 is 23.7 Å². The molecule has 6 nitrogen and oxygen atoms in total. The maximum Gasteiger partial charge on any atom is 0.260 e. The molecule has 5 rings (SSSR count). The molecule has 0 bridgehead atoms. The van der Waals surface area contributed by atoms with E-state index in [1.807, 2.05) is 65.6 Å². The van der Waals surface area contributed by atoms with Crippen LogP contribution in [0.2, 0.25) is 0 Å². The zero-order valence-corrected chi connectivity index (χ0v) is 21.9. The lowest BCUT2D eigenvalue weighted by atomic mass is 10.2. The minimum absolute atomic E-state index is 0. The maximum absolute atomic E-state index is 13.7. The number of hydrogen-bond acceptors (Lipinski definition) is 6. The van der Waals surface area contributed by atoms with Gasteiger partial charge in [0.1, 0.15) is 11.5 Å². The molecule has 0 radical (unpaired) electrons. The van der Waals surface area contributed by atoms with Crippen molar-refractivity contribution < 1.29 is 14.3 Å². The third-order valence-corrected chi connectivity index (χ3v) is 7.09. The number of morpholine rings is 1. The Kier molecular flexibility index (Phi) is 8.93. The molecule has 0 unspecified atom stereocenters. The highest BCUT2D eigenvalue weighted by Gasteiger charge is 2.22. The first kappa shape index (κ1) is 26.1. The number of aromatic nitrogens is 1. The SMILES string of the molecule is Cc1ccc2nc(N(CCCN3CCOCC3)C(=O)c3ccc(Oc4ccccc4)cc3)sc2c1.Cl. The lowest BCUT2D eigenvalue weighted by Gasteiger charge is -2.27. The lowest BCUT2D eigenvalue weighted by Crippen LogP contribution is -2.39. The molecule has 3 aromatic carbocycles. The van der Waals surface area contributed by atoms with Crippen molar-refractivity contribution in [3.05, 3.63) is 83.9 Å². The van der Waals surface area contributed by atoms with Crippen molar-refractivity contribution in [3.8, 4) is 11.5 Å². The van der Waals surface area contributed by atoms with Gasteiger partial charge in [-0.05, 0) is 67.4 Å². The van der Waals surface area contributed by atoms with Crippen LogP contribution in [0.1, 0.15) is 22.3 Å². The summed E-state index contributed by atoms with van der Waals surface area (Å²) in [5, 5.41) is 0.738. The van der Waals surface area contributed by atoms with Crippen molar-refractivity contribution in [2.75, 3.05) is 44.3 Å². The second-order valence-electron chi connectivity index (χ2n) is 8.67. The summed E-state index contributed by atoms with van der Waals surface area (Å²) >= 11 is 1.57. The number of thiazole rings is 1. The van der Waals surface area contributed by atoms with Crippen molar-refractivity contribution in [3.63, 3.8) is 0 Å². The number of fused-ring (bicyclic) bond motifs is 1. The van der Waals surface area contributed by atoms with E-state index in [-0.39, 0.29) is 18.3 Å². The summed E-state index contributed by atoms with van der Waals surface area (Å²) < 4.78 is 12.4. The second-order valence-corrected chi connectivity index (χ2v) is 9.68. The molecule has 1 amide bonds. The molecule has 0 atom stereocenters. The van der Waals surface area contributed by atoms with Crippen LogP contribution in [0.15, 0.2) is 72.8 Å². The van der Waals surface area contributed by atoms with Crippen molar-refractivity contribution in [1.82, 2.24) is 9.88 Å². The maximum atomic E-state index is 13.7. The number of amides is 1. The number of carbonyl (C=O) groups is 1. The molecule has 4 aromatic rings. The molecule has 2 heterocycles. The first-order chi connectivity index (χ1) is 17.2. The van der Waals surface area contributed by atoms with Gasteiger partial charge in [0.15, 0.2) is 5.13 Å². The molecular formula is C28H30ClN3O3S. The third-order valence-electron chi connectivity index (χ3n) is 6.05. The van der Waals surface area contributed by atoms with Gasteiger partial charge in [0.25, 0.3) is 5.91 Å². The normalized spacial score (nSPS) is 13.8. The van der Waals surface area contributed by atoms with E-state index in [4.69, 9.17) is 14.5 Å². The van der Waals surface area contributed by atoms with Crippen LogP contribution in [0.4, 0.5) is 5.13 Å². The lowest BCUT2D eigenvalue weighted by molar-refractivity contribution is 0.0376. The molecule has 1 aliphatic heterocycles. The van der Waals surface area contributed by atoms with Gasteiger partial charge >= 0.3 is 0 Å². The molecule has 0 spiro atoms. The Hall–Kier alpha value is -2.97. The molecular weight excluding hydrogens is 494 g/mol. The fourth-order valence-corrected chi connectivity index (χ4v) is 5.23. The minimum atomic E-state index is -0.0472. The summed E-state index contributed by atoms with van der Waals surface area (Å²) in [5.74, 6) is 1.41. The van der Waals surface area contributed by atoms with E-state index in [1.165, 1.54) is 5.56 Å². The summed E-state index contributed by atoms with van der Waals surface area (Å²) in [5.41, 5.74) is 2.73. The van der Waals surface area contributed by atoms with Gasteiger partial charge in [-0.3, -0.25) is 14.6 Å². The van der Waals surface area contributed by atoms with E-state index in [0.717, 1.165) is 60.4 Å². The number of hydrogen-bond donors (Lipinski definition) is 0. The van der Waals surface area contributed by atoms with E-state index in [2.05, 4.69) is 24.0 Å². The van der Waals surface area contributed by atoms with Crippen LogP contribution < -0.4 is 9.64 Å². The molecule has 1 fully saturated rings. The molecule has 1 aromatic heterocycles. The molecule has 1 aliphatic rings. The number of rotatable bonds is 8. The predicted molar refractivity (Wildman–Crippen MR) is 148 cm³/mol. The number of benzene rings is 3. The summed E-state index contributed by atoms with van der Waals surface area (Å²) in [6.07, 6.45) is 0.871. The Bertz CT molecular complexity index is 1270. The van der Waals surface area contributed by atoms with Gasteiger partial charge in [-0.15, -0.1) is 12.4 Å². The summed E-state index contributed by atoms with van der Waals surface area (Å²) in [4.78, 5) is 22.7. The summed E-state index contributed by atoms with van der Waals surface area (Å²) in [6.45, 7) is 7.05. The molecule has 0 aliphatic carbocycles. The first-order valence-electron chi connectivity index (χ1n) is 12.0. The second kappa shape index (κ2) is 12.3. The minimum Gasteiger partial charge on any atom is -0.457 e. The zero-order valence-electron chi connectivity index (χ0n) is 20.3. The Morgan fingerprint density at radius 1 is 1.03 bits per heavy atom.